The molecule has 0 aromatic carbocycles. The first-order valence-electron chi connectivity index (χ1n) is 13.9. The molecule has 0 heterocycles. The zero-order valence-corrected chi connectivity index (χ0v) is 23.6. The summed E-state index contributed by atoms with van der Waals surface area (Å²) < 4.78 is 32.7. The Morgan fingerprint density at radius 2 is 1.08 bits per heavy atom. The molecule has 0 saturated heterocycles. The minimum absolute atomic E-state index is 0.112. The van der Waals surface area contributed by atoms with E-state index in [9.17, 15) is 42.4 Å². The molecule has 1 unspecified atom stereocenters. The van der Waals surface area contributed by atoms with E-state index in [0.717, 1.165) is 30.6 Å². The maximum absolute atomic E-state index is 12.8. The van der Waals surface area contributed by atoms with E-state index in [-0.39, 0.29) is 6.54 Å². The summed E-state index contributed by atoms with van der Waals surface area (Å²) in [5.41, 5.74) is 4.99. The van der Waals surface area contributed by atoms with Crippen LogP contribution in [0.3, 0.4) is 0 Å². The molecule has 0 radical (unpaired) electrons. The van der Waals surface area contributed by atoms with Crippen LogP contribution in [0.4, 0.5) is 0 Å². The Morgan fingerprint density at radius 3 is 1.39 bits per heavy atom. The third-order valence-electron chi connectivity index (χ3n) is 6.61. The molecule has 0 aliphatic carbocycles. The van der Waals surface area contributed by atoms with Gasteiger partial charge in [0.25, 0.3) is 10.1 Å². The van der Waals surface area contributed by atoms with Gasteiger partial charge in [0.1, 0.15) is 0 Å². The molecule has 0 fully saturated rings. The molecule has 11 nitrogen and oxygen atoms in total. The van der Waals surface area contributed by atoms with E-state index in [4.69, 9.17) is 5.73 Å². The Bertz CT molecular complexity index is 804. The van der Waals surface area contributed by atoms with E-state index >= 15 is 0 Å². The van der Waals surface area contributed by atoms with Crippen molar-refractivity contribution in [2.24, 2.45) is 11.7 Å². The second kappa shape index (κ2) is 20.7. The number of primary amides is 1. The molecule has 0 saturated carbocycles. The lowest BCUT2D eigenvalue weighted by Gasteiger charge is -2.27. The second-order valence-electron chi connectivity index (χ2n) is 9.99. The molecule has 12 heteroatoms. The van der Waals surface area contributed by atoms with Crippen molar-refractivity contribution in [1.82, 2.24) is 4.90 Å². The van der Waals surface area contributed by atoms with Gasteiger partial charge < -0.3 is 20.8 Å². The molecule has 0 aliphatic rings. The summed E-state index contributed by atoms with van der Waals surface area (Å²) >= 11 is 0. The maximum Gasteiger partial charge on any atom is 0.319 e. The number of aliphatic carboxylic acids is 2. The molecule has 2 amide bonds. The molecule has 0 aromatic heterocycles. The Balaban J connectivity index is 4.49. The number of unbranched alkanes of at least 4 members (excludes halogenated alkanes) is 15. The summed E-state index contributed by atoms with van der Waals surface area (Å²) in [4.78, 5) is 47.4. The van der Waals surface area contributed by atoms with E-state index < -0.39 is 58.0 Å². The van der Waals surface area contributed by atoms with Crippen LogP contribution in [-0.4, -0.2) is 70.2 Å². The van der Waals surface area contributed by atoms with E-state index in [0.29, 0.717) is 12.8 Å². The first kappa shape index (κ1) is 35.8. The highest BCUT2D eigenvalue weighted by Gasteiger charge is 2.38. The monoisotopic (exact) mass is 564 g/mol. The molecule has 0 spiro atoms. The van der Waals surface area contributed by atoms with Gasteiger partial charge in [-0.3, -0.25) is 23.7 Å². The minimum atomic E-state index is -5.03. The van der Waals surface area contributed by atoms with Crippen LogP contribution in [0.1, 0.15) is 116 Å². The normalized spacial score (nSPS) is 12.4. The van der Waals surface area contributed by atoms with Crippen LogP contribution in [0.2, 0.25) is 0 Å². The van der Waals surface area contributed by atoms with E-state index in [2.05, 4.69) is 6.92 Å². The highest BCUT2D eigenvalue weighted by molar-refractivity contribution is 7.87. The molecule has 0 rings (SSSR count). The molecule has 5 N–H and O–H groups in total. The van der Waals surface area contributed by atoms with Crippen molar-refractivity contribution in [3.8, 4) is 0 Å². The van der Waals surface area contributed by atoms with Gasteiger partial charge in [-0.25, -0.2) is 0 Å². The predicted octanol–water partition coefficient (Wildman–Crippen LogP) is 3.99. The predicted molar refractivity (Wildman–Crippen MR) is 144 cm³/mol. The van der Waals surface area contributed by atoms with Gasteiger partial charge in [-0.15, -0.1) is 0 Å². The first-order valence-corrected chi connectivity index (χ1v) is 15.4. The number of hydrogen-bond donors (Lipinski definition) is 4. The van der Waals surface area contributed by atoms with Gasteiger partial charge in [-0.1, -0.05) is 103 Å². The molecule has 222 valence electrons. The number of hydrogen-bond acceptors (Lipinski definition) is 6. The van der Waals surface area contributed by atoms with Gasteiger partial charge in [0.05, 0.1) is 6.42 Å². The highest BCUT2D eigenvalue weighted by atomic mass is 32.2. The van der Waals surface area contributed by atoms with Crippen molar-refractivity contribution < 1.29 is 42.4 Å². The van der Waals surface area contributed by atoms with Gasteiger partial charge in [0, 0.05) is 13.1 Å². The number of carboxylic acid groups (broad SMARTS) is 2. The lowest BCUT2D eigenvalue weighted by Crippen LogP contribution is -2.48. The lowest BCUT2D eigenvalue weighted by molar-refractivity contribution is -0.156. The van der Waals surface area contributed by atoms with Gasteiger partial charge in [-0.05, 0) is 6.42 Å². The van der Waals surface area contributed by atoms with Crippen molar-refractivity contribution in [2.75, 3.05) is 13.1 Å². The average Bonchev–Trinajstić information content (AvgIpc) is 2.82. The van der Waals surface area contributed by atoms with Crippen molar-refractivity contribution in [3.05, 3.63) is 0 Å². The number of carboxylic acids is 2. The van der Waals surface area contributed by atoms with Crippen LogP contribution in [0, 0.1) is 5.92 Å². The highest BCUT2D eigenvalue weighted by Crippen LogP contribution is 2.16. The third kappa shape index (κ3) is 17.3. The van der Waals surface area contributed by atoms with Gasteiger partial charge in [0.2, 0.25) is 11.8 Å². The number of carbonyl (C=O) groups is 4. The smallest absolute Gasteiger partial charge is 0.319 e. The van der Waals surface area contributed by atoms with Crippen LogP contribution in [-0.2, 0) is 29.3 Å². The minimum Gasteiger partial charge on any atom is -0.481 e. The average molecular weight is 565 g/mol. The number of amides is 2. The van der Waals surface area contributed by atoms with Crippen LogP contribution >= 0.6 is 0 Å². The standard InChI is InChI=1S/C26H48N2O9S/c1-2-3-4-5-6-7-8-9-10-11-12-13-14-15-16-17-18-28(20-21(25(31)32)26(33)34)24(30)22(19-23(27)29)38(35,36)37/h21-22H,2-20H2,1H3,(H2,27,29)(H,31,32)(H,33,34)(H,35,36,37). The number of nitrogens with two attached hydrogens (primary N) is 1. The molecule has 0 bridgehead atoms. The fourth-order valence-electron chi connectivity index (χ4n) is 4.33. The van der Waals surface area contributed by atoms with Gasteiger partial charge in [-0.2, -0.15) is 8.42 Å². The molecule has 0 aliphatic heterocycles. The Labute approximate surface area is 227 Å². The van der Waals surface area contributed by atoms with E-state index in [1.165, 1.54) is 64.2 Å². The Morgan fingerprint density at radius 1 is 0.711 bits per heavy atom. The quantitative estimate of drug-likeness (QED) is 0.0720. The van der Waals surface area contributed by atoms with Crippen molar-refractivity contribution in [2.45, 2.75) is 121 Å². The summed E-state index contributed by atoms with van der Waals surface area (Å²) in [5, 5.41) is 16.1. The maximum atomic E-state index is 12.8. The zero-order valence-electron chi connectivity index (χ0n) is 22.8. The second-order valence-corrected chi connectivity index (χ2v) is 11.6. The van der Waals surface area contributed by atoms with Crippen molar-refractivity contribution in [1.29, 1.82) is 0 Å². The largest absolute Gasteiger partial charge is 0.481 e. The van der Waals surface area contributed by atoms with E-state index in [1.54, 1.807) is 0 Å². The van der Waals surface area contributed by atoms with Gasteiger partial charge in [0.15, 0.2) is 11.2 Å². The summed E-state index contributed by atoms with van der Waals surface area (Å²) in [5.74, 6) is -7.78. The summed E-state index contributed by atoms with van der Waals surface area (Å²) in [6.07, 6.45) is 17.0. The van der Waals surface area contributed by atoms with Crippen LogP contribution in [0.5, 0.6) is 0 Å². The number of carbonyl (C=O) groups excluding carboxylic acids is 2. The number of nitrogens with zero attached hydrogens (tertiary/aromatic N) is 1. The van der Waals surface area contributed by atoms with Crippen LogP contribution in [0.25, 0.3) is 0 Å². The Kier molecular flexibility index (Phi) is 19.5. The SMILES string of the molecule is CCCCCCCCCCCCCCCCCCN(CC(C(=O)O)C(=O)O)C(=O)C(CC(N)=O)S(=O)(=O)O. The zero-order chi connectivity index (χ0) is 29.0. The third-order valence-corrected chi connectivity index (χ3v) is 7.70. The Hall–Kier alpha value is -2.21. The summed E-state index contributed by atoms with van der Waals surface area (Å²) in [7, 11) is -5.03. The van der Waals surface area contributed by atoms with E-state index in [1.807, 2.05) is 0 Å². The fraction of sp³-hybridized carbons (Fsp3) is 0.846. The topological polar surface area (TPSA) is 192 Å². The van der Waals surface area contributed by atoms with Crippen LogP contribution in [0.15, 0.2) is 0 Å². The fourth-order valence-corrected chi connectivity index (χ4v) is 5.11. The van der Waals surface area contributed by atoms with Crippen LogP contribution < -0.4 is 5.73 Å². The molecule has 38 heavy (non-hydrogen) atoms. The lowest BCUT2D eigenvalue weighted by atomic mass is 10.0. The van der Waals surface area contributed by atoms with Crippen molar-refractivity contribution >= 4 is 33.9 Å². The molecule has 1 atom stereocenters. The molecule has 0 aromatic rings. The van der Waals surface area contributed by atoms with Crippen molar-refractivity contribution in [3.63, 3.8) is 0 Å². The molecular weight excluding hydrogens is 516 g/mol. The number of rotatable bonds is 25. The van der Waals surface area contributed by atoms with Gasteiger partial charge >= 0.3 is 11.9 Å². The summed E-state index contributed by atoms with van der Waals surface area (Å²) in [6, 6.07) is 0. The summed E-state index contributed by atoms with van der Waals surface area (Å²) in [6.45, 7) is 1.31. The first-order chi connectivity index (χ1) is 17.9. The molecular formula is C26H48N2O9S.